The molecule has 1 rings (SSSR count). The van der Waals surface area contributed by atoms with Gasteiger partial charge in [0.05, 0.1) is 16.3 Å². The molecule has 0 aliphatic carbocycles. The molecule has 0 radical (unpaired) electrons. The van der Waals surface area contributed by atoms with Gasteiger partial charge >= 0.3 is 12.6 Å². The predicted octanol–water partition coefficient (Wildman–Crippen LogP) is 2.30. The zero-order valence-corrected chi connectivity index (χ0v) is 7.59. The number of ether oxygens (including phenoxy) is 1. The number of para-hydroxylation sites is 1. The van der Waals surface area contributed by atoms with Crippen molar-refractivity contribution < 1.29 is 18.3 Å². The number of nitrogen functional groups attached to an aromatic ring is 1. The molecular weight excluding hydrogens is 216 g/mol. The summed E-state index contributed by atoms with van der Waals surface area (Å²) >= 11 is 5.57. The van der Waals surface area contributed by atoms with Crippen LogP contribution in [0.4, 0.5) is 14.5 Å². The second-order valence-corrected chi connectivity index (χ2v) is 2.77. The lowest BCUT2D eigenvalue weighted by Crippen LogP contribution is -2.11. The molecule has 1 aromatic carbocycles. The molecule has 0 fully saturated rings. The first-order valence-corrected chi connectivity index (χ1v) is 3.93. The highest BCUT2D eigenvalue weighted by atomic mass is 35.5. The van der Waals surface area contributed by atoms with Crippen LogP contribution in [0.3, 0.4) is 0 Å². The van der Waals surface area contributed by atoms with E-state index in [1.54, 1.807) is 0 Å². The first kappa shape index (κ1) is 10.7. The van der Waals surface area contributed by atoms with Crippen molar-refractivity contribution in [2.75, 3.05) is 5.73 Å². The summed E-state index contributed by atoms with van der Waals surface area (Å²) in [6, 6.07) is 4.11. The molecule has 0 atom stereocenters. The molecule has 0 aromatic heterocycles. The van der Waals surface area contributed by atoms with Gasteiger partial charge in [-0.05, 0) is 12.1 Å². The normalized spacial score (nSPS) is 10.3. The molecule has 0 saturated carbocycles. The summed E-state index contributed by atoms with van der Waals surface area (Å²) in [4.78, 5) is 11.0. The third kappa shape index (κ3) is 2.32. The third-order valence-electron chi connectivity index (χ3n) is 1.47. The number of carbonyl (C=O) groups is 1. The lowest BCUT2D eigenvalue weighted by molar-refractivity contribution is -0.0905. The maximum atomic E-state index is 11.7. The number of halogens is 3. The van der Waals surface area contributed by atoms with Crippen molar-refractivity contribution in [2.24, 2.45) is 0 Å². The van der Waals surface area contributed by atoms with Crippen LogP contribution in [-0.2, 0) is 4.74 Å². The number of anilines is 1. The Kier molecular flexibility index (Phi) is 3.24. The number of alkyl halides is 2. The molecule has 76 valence electrons. The number of rotatable bonds is 2. The molecule has 0 spiro atoms. The monoisotopic (exact) mass is 221 g/mol. The van der Waals surface area contributed by atoms with Gasteiger partial charge in [-0.1, -0.05) is 17.7 Å². The molecule has 14 heavy (non-hydrogen) atoms. The van der Waals surface area contributed by atoms with Crippen LogP contribution in [0.1, 0.15) is 10.4 Å². The summed E-state index contributed by atoms with van der Waals surface area (Å²) in [5.41, 5.74) is 5.14. The van der Waals surface area contributed by atoms with Gasteiger partial charge < -0.3 is 10.5 Å². The molecule has 6 heteroatoms. The standard InChI is InChI=1S/C8H6ClF2NO2/c9-5-3-1-2-4(6(5)12)7(13)14-8(10)11/h1-3,8H,12H2. The van der Waals surface area contributed by atoms with E-state index < -0.39 is 12.6 Å². The van der Waals surface area contributed by atoms with Gasteiger partial charge in [0, 0.05) is 0 Å². The van der Waals surface area contributed by atoms with Crippen LogP contribution < -0.4 is 5.73 Å². The van der Waals surface area contributed by atoms with Gasteiger partial charge in [0.15, 0.2) is 0 Å². The van der Waals surface area contributed by atoms with Gasteiger partial charge in [-0.15, -0.1) is 0 Å². The molecule has 0 amide bonds. The zero-order valence-electron chi connectivity index (χ0n) is 6.84. The van der Waals surface area contributed by atoms with Gasteiger partial charge in [0.1, 0.15) is 0 Å². The van der Waals surface area contributed by atoms with E-state index in [2.05, 4.69) is 4.74 Å². The SMILES string of the molecule is Nc1c(Cl)cccc1C(=O)OC(F)F. The van der Waals surface area contributed by atoms with Crippen LogP contribution in [0.25, 0.3) is 0 Å². The second-order valence-electron chi connectivity index (χ2n) is 2.37. The van der Waals surface area contributed by atoms with Crippen LogP contribution >= 0.6 is 11.6 Å². The highest BCUT2D eigenvalue weighted by molar-refractivity contribution is 6.33. The summed E-state index contributed by atoms with van der Waals surface area (Å²) in [6.45, 7) is -3.17. The zero-order chi connectivity index (χ0) is 10.7. The van der Waals surface area contributed by atoms with Crippen LogP contribution in [0.5, 0.6) is 0 Å². The Morgan fingerprint density at radius 1 is 1.50 bits per heavy atom. The molecule has 1 aromatic rings. The molecule has 0 unspecified atom stereocenters. The fraction of sp³-hybridized carbons (Fsp3) is 0.125. The Balaban J connectivity index is 2.96. The quantitative estimate of drug-likeness (QED) is 0.616. The van der Waals surface area contributed by atoms with Crippen molar-refractivity contribution in [1.29, 1.82) is 0 Å². The molecule has 2 N–H and O–H groups in total. The lowest BCUT2D eigenvalue weighted by atomic mass is 10.2. The average molecular weight is 222 g/mol. The number of hydrogen-bond acceptors (Lipinski definition) is 3. The fourth-order valence-electron chi connectivity index (χ4n) is 0.859. The van der Waals surface area contributed by atoms with Gasteiger partial charge in [0.2, 0.25) is 0 Å². The third-order valence-corrected chi connectivity index (χ3v) is 1.80. The lowest BCUT2D eigenvalue weighted by Gasteiger charge is -2.06. The molecule has 3 nitrogen and oxygen atoms in total. The minimum Gasteiger partial charge on any atom is -0.399 e. The number of carbonyl (C=O) groups excluding carboxylic acids is 1. The Morgan fingerprint density at radius 2 is 2.14 bits per heavy atom. The highest BCUT2D eigenvalue weighted by Gasteiger charge is 2.16. The molecule has 0 saturated heterocycles. The average Bonchev–Trinajstić information content (AvgIpc) is 2.08. The first-order valence-electron chi connectivity index (χ1n) is 3.55. The van der Waals surface area contributed by atoms with Crippen molar-refractivity contribution in [1.82, 2.24) is 0 Å². The summed E-state index contributed by atoms with van der Waals surface area (Å²) < 4.78 is 27.0. The van der Waals surface area contributed by atoms with E-state index in [1.807, 2.05) is 0 Å². The number of benzene rings is 1. The summed E-state index contributed by atoms with van der Waals surface area (Å²) in [6.07, 6.45) is 0. The van der Waals surface area contributed by atoms with Gasteiger partial charge in [-0.3, -0.25) is 0 Å². The van der Waals surface area contributed by atoms with E-state index in [0.29, 0.717) is 0 Å². The predicted molar refractivity (Wildman–Crippen MR) is 47.3 cm³/mol. The summed E-state index contributed by atoms with van der Waals surface area (Å²) in [5.74, 6) is -1.19. The van der Waals surface area contributed by atoms with Crippen molar-refractivity contribution >= 4 is 23.3 Å². The van der Waals surface area contributed by atoms with Crippen molar-refractivity contribution in [3.8, 4) is 0 Å². The van der Waals surface area contributed by atoms with Crippen molar-refractivity contribution in [3.63, 3.8) is 0 Å². The Bertz CT molecular complexity index is 357. The molecule has 0 heterocycles. The number of esters is 1. The van der Waals surface area contributed by atoms with E-state index in [1.165, 1.54) is 18.2 Å². The van der Waals surface area contributed by atoms with E-state index in [9.17, 15) is 13.6 Å². The summed E-state index contributed by atoms with van der Waals surface area (Å²) in [5, 5.41) is 0.119. The van der Waals surface area contributed by atoms with Crippen molar-refractivity contribution in [2.45, 2.75) is 6.61 Å². The van der Waals surface area contributed by atoms with E-state index in [0.717, 1.165) is 0 Å². The fourth-order valence-corrected chi connectivity index (χ4v) is 1.03. The van der Waals surface area contributed by atoms with Gasteiger partial charge in [0.25, 0.3) is 0 Å². The topological polar surface area (TPSA) is 52.3 Å². The Hall–Kier alpha value is -1.36. The van der Waals surface area contributed by atoms with Gasteiger partial charge in [-0.2, -0.15) is 8.78 Å². The minimum atomic E-state index is -3.17. The molecule has 0 aliphatic heterocycles. The maximum Gasteiger partial charge on any atom is 0.389 e. The molecule has 0 aliphatic rings. The van der Waals surface area contributed by atoms with Crippen LogP contribution in [0.2, 0.25) is 5.02 Å². The largest absolute Gasteiger partial charge is 0.399 e. The minimum absolute atomic E-state index is 0.0696. The van der Waals surface area contributed by atoms with Crippen LogP contribution in [-0.4, -0.2) is 12.6 Å². The highest BCUT2D eigenvalue weighted by Crippen LogP contribution is 2.23. The van der Waals surface area contributed by atoms with Gasteiger partial charge in [-0.25, -0.2) is 4.79 Å². The Morgan fingerprint density at radius 3 is 2.71 bits per heavy atom. The number of hydrogen-bond donors (Lipinski definition) is 1. The van der Waals surface area contributed by atoms with Crippen LogP contribution in [0, 0.1) is 0 Å². The van der Waals surface area contributed by atoms with Crippen LogP contribution in [0.15, 0.2) is 18.2 Å². The smallest absolute Gasteiger partial charge is 0.389 e. The first-order chi connectivity index (χ1) is 6.52. The second kappa shape index (κ2) is 4.23. The maximum absolute atomic E-state index is 11.7. The van der Waals surface area contributed by atoms with Crippen molar-refractivity contribution in [3.05, 3.63) is 28.8 Å². The van der Waals surface area contributed by atoms with E-state index >= 15 is 0 Å². The number of nitrogens with two attached hydrogens (primary N) is 1. The van der Waals surface area contributed by atoms with E-state index in [4.69, 9.17) is 17.3 Å². The summed E-state index contributed by atoms with van der Waals surface area (Å²) in [7, 11) is 0. The van der Waals surface area contributed by atoms with E-state index in [-0.39, 0.29) is 16.3 Å². The Labute approximate surface area is 83.4 Å². The molecule has 0 bridgehead atoms. The molecular formula is C8H6ClF2NO2.